The van der Waals surface area contributed by atoms with Gasteiger partial charge in [0.15, 0.2) is 0 Å². The summed E-state index contributed by atoms with van der Waals surface area (Å²) in [4.78, 5) is 10.7. The fourth-order valence-corrected chi connectivity index (χ4v) is 1.80. The average molecular weight is 255 g/mol. The quantitative estimate of drug-likeness (QED) is 0.637. The van der Waals surface area contributed by atoms with Gasteiger partial charge in [-0.25, -0.2) is 9.52 Å². The Morgan fingerprint density at radius 2 is 2.07 bits per heavy atom. The molecule has 0 aromatic carbocycles. The van der Waals surface area contributed by atoms with Crippen LogP contribution in [0.1, 0.15) is 6.92 Å². The second kappa shape index (κ2) is 5.24. The summed E-state index contributed by atoms with van der Waals surface area (Å²) >= 11 is 4.63. The average Bonchev–Trinajstić information content (AvgIpc) is 2.14. The molecule has 1 atom stereocenters. The summed E-state index contributed by atoms with van der Waals surface area (Å²) in [5.41, 5.74) is 5.28. The first-order valence-electron chi connectivity index (χ1n) is 3.85. The highest BCUT2D eigenvalue weighted by molar-refractivity contribution is 7.87. The fraction of sp³-hybridized carbons (Fsp3) is 0.667. The minimum Gasteiger partial charge on any atom is -0.452 e. The van der Waals surface area contributed by atoms with Gasteiger partial charge in [0.1, 0.15) is 0 Å². The van der Waals surface area contributed by atoms with Gasteiger partial charge < -0.3 is 10.5 Å². The second-order valence-electron chi connectivity index (χ2n) is 2.69. The van der Waals surface area contributed by atoms with E-state index in [0.717, 1.165) is 11.4 Å². The van der Waals surface area contributed by atoms with Crippen molar-refractivity contribution in [1.82, 2.24) is 9.03 Å². The number of carbonyl (C=O) groups excluding carboxylic acids is 1. The van der Waals surface area contributed by atoms with Crippen molar-refractivity contribution in [2.45, 2.75) is 13.0 Å². The number of nitrogens with one attached hydrogen (secondary N) is 1. The van der Waals surface area contributed by atoms with Gasteiger partial charge in [-0.2, -0.15) is 12.7 Å². The highest BCUT2D eigenvalue weighted by Gasteiger charge is 2.26. The standard InChI is InChI=1S/C6H13N3O4S2/c1-4(5(7)14)9(2)15(11,12)8-6(10)13-3/h4H,1-3H3,(H2,7,14)(H,8,10). The monoisotopic (exact) mass is 255 g/mol. The number of nitrogens with two attached hydrogens (primary N) is 1. The summed E-state index contributed by atoms with van der Waals surface area (Å²) in [5, 5.41) is 0. The van der Waals surface area contributed by atoms with Crippen LogP contribution >= 0.6 is 12.2 Å². The zero-order valence-corrected chi connectivity index (χ0v) is 10.2. The first-order valence-corrected chi connectivity index (χ1v) is 5.70. The van der Waals surface area contributed by atoms with E-state index in [9.17, 15) is 13.2 Å². The van der Waals surface area contributed by atoms with Crippen molar-refractivity contribution in [2.75, 3.05) is 14.2 Å². The van der Waals surface area contributed by atoms with E-state index in [1.54, 1.807) is 4.72 Å². The Labute approximate surface area is 93.7 Å². The van der Waals surface area contributed by atoms with Crippen LogP contribution in [-0.4, -0.2) is 44.0 Å². The van der Waals surface area contributed by atoms with Crippen molar-refractivity contribution in [3.63, 3.8) is 0 Å². The maximum atomic E-state index is 11.4. The Morgan fingerprint density at radius 1 is 1.60 bits per heavy atom. The van der Waals surface area contributed by atoms with Gasteiger partial charge in [-0.1, -0.05) is 12.2 Å². The van der Waals surface area contributed by atoms with Gasteiger partial charge in [-0.05, 0) is 6.92 Å². The number of thiocarbonyl (C=S) groups is 1. The molecule has 1 unspecified atom stereocenters. The van der Waals surface area contributed by atoms with Gasteiger partial charge >= 0.3 is 16.3 Å². The molecule has 0 fully saturated rings. The van der Waals surface area contributed by atoms with Gasteiger partial charge in [0.25, 0.3) is 0 Å². The number of carbonyl (C=O) groups is 1. The first-order chi connectivity index (χ1) is 6.72. The van der Waals surface area contributed by atoms with Gasteiger partial charge in [-0.3, -0.25) is 0 Å². The first kappa shape index (κ1) is 14.1. The Bertz CT molecular complexity index is 353. The molecule has 1 amide bonds. The molecule has 0 aromatic heterocycles. The molecule has 0 aromatic rings. The SMILES string of the molecule is COC(=O)NS(=O)(=O)N(C)C(C)C(N)=S. The molecular formula is C6H13N3O4S2. The van der Waals surface area contributed by atoms with Crippen molar-refractivity contribution in [3.8, 4) is 0 Å². The predicted octanol–water partition coefficient (Wildman–Crippen LogP) is -0.806. The summed E-state index contributed by atoms with van der Waals surface area (Å²) < 4.78 is 29.5. The molecule has 0 aliphatic heterocycles. The van der Waals surface area contributed by atoms with Crippen LogP contribution in [0.4, 0.5) is 4.79 Å². The molecule has 0 heterocycles. The maximum Gasteiger partial charge on any atom is 0.421 e. The van der Waals surface area contributed by atoms with Crippen LogP contribution < -0.4 is 10.5 Å². The summed E-state index contributed by atoms with van der Waals surface area (Å²) in [7, 11) is -1.67. The van der Waals surface area contributed by atoms with E-state index in [0.29, 0.717) is 0 Å². The normalized spacial score (nSPS) is 13.3. The molecule has 0 rings (SSSR count). The fourth-order valence-electron chi connectivity index (χ4n) is 0.606. The van der Waals surface area contributed by atoms with Crippen LogP contribution in [-0.2, 0) is 14.9 Å². The largest absolute Gasteiger partial charge is 0.452 e. The second-order valence-corrected chi connectivity index (χ2v) is 4.89. The van der Waals surface area contributed by atoms with E-state index in [2.05, 4.69) is 17.0 Å². The predicted molar refractivity (Wildman–Crippen MR) is 58.5 cm³/mol. The van der Waals surface area contributed by atoms with Crippen LogP contribution in [0.3, 0.4) is 0 Å². The van der Waals surface area contributed by atoms with Crippen LogP contribution in [0.15, 0.2) is 0 Å². The molecule has 88 valence electrons. The molecule has 3 N–H and O–H groups in total. The zero-order chi connectivity index (χ0) is 12.2. The smallest absolute Gasteiger partial charge is 0.421 e. The Morgan fingerprint density at radius 3 is 2.40 bits per heavy atom. The number of hydrogen-bond acceptors (Lipinski definition) is 5. The Hall–Kier alpha value is -0.930. The van der Waals surface area contributed by atoms with Crippen LogP contribution in [0.25, 0.3) is 0 Å². The van der Waals surface area contributed by atoms with Gasteiger partial charge in [0.2, 0.25) is 0 Å². The molecule has 0 spiro atoms. The molecule has 0 saturated heterocycles. The maximum absolute atomic E-state index is 11.4. The summed E-state index contributed by atoms with van der Waals surface area (Å²) in [6.45, 7) is 1.50. The lowest BCUT2D eigenvalue weighted by Gasteiger charge is -2.22. The number of ether oxygens (including phenoxy) is 1. The lowest BCUT2D eigenvalue weighted by atomic mass is 10.3. The summed E-state index contributed by atoms with van der Waals surface area (Å²) in [6, 6.07) is -0.692. The third kappa shape index (κ3) is 3.98. The third-order valence-electron chi connectivity index (χ3n) is 1.73. The highest BCUT2D eigenvalue weighted by Crippen LogP contribution is 2.02. The molecule has 0 aliphatic rings. The van der Waals surface area contributed by atoms with Crippen LogP contribution in [0.2, 0.25) is 0 Å². The number of likely N-dealkylation sites (N-methyl/N-ethyl adjacent to an activating group) is 1. The molecule has 9 heteroatoms. The van der Waals surface area contributed by atoms with E-state index in [-0.39, 0.29) is 4.99 Å². The van der Waals surface area contributed by atoms with Gasteiger partial charge in [0.05, 0.1) is 18.1 Å². The topological polar surface area (TPSA) is 102 Å². The van der Waals surface area contributed by atoms with E-state index in [4.69, 9.17) is 5.73 Å². The van der Waals surface area contributed by atoms with E-state index >= 15 is 0 Å². The molecule has 0 aliphatic carbocycles. The molecule has 15 heavy (non-hydrogen) atoms. The molecule has 0 saturated carbocycles. The van der Waals surface area contributed by atoms with E-state index in [1.807, 2.05) is 0 Å². The number of rotatable bonds is 4. The van der Waals surface area contributed by atoms with Crippen LogP contribution in [0.5, 0.6) is 0 Å². The molecule has 7 nitrogen and oxygen atoms in total. The van der Waals surface area contributed by atoms with E-state index < -0.39 is 22.3 Å². The Balaban J connectivity index is 4.74. The Kier molecular flexibility index (Phi) is 4.91. The minimum atomic E-state index is -3.97. The van der Waals surface area contributed by atoms with Crippen molar-refractivity contribution in [2.24, 2.45) is 5.73 Å². The minimum absolute atomic E-state index is 0.00717. The lowest BCUT2D eigenvalue weighted by molar-refractivity contribution is 0.177. The molecule has 0 radical (unpaired) electrons. The van der Waals surface area contributed by atoms with E-state index in [1.165, 1.54) is 14.0 Å². The lowest BCUT2D eigenvalue weighted by Crippen LogP contribution is -2.49. The van der Waals surface area contributed by atoms with Gasteiger partial charge in [-0.15, -0.1) is 0 Å². The third-order valence-corrected chi connectivity index (χ3v) is 3.57. The number of methoxy groups -OCH3 is 1. The van der Waals surface area contributed by atoms with Crippen molar-refractivity contribution < 1.29 is 17.9 Å². The molecular weight excluding hydrogens is 242 g/mol. The van der Waals surface area contributed by atoms with Crippen molar-refractivity contribution in [3.05, 3.63) is 0 Å². The highest BCUT2D eigenvalue weighted by atomic mass is 32.2. The number of nitrogens with zero attached hydrogens (tertiary/aromatic N) is 1. The molecule has 0 bridgehead atoms. The zero-order valence-electron chi connectivity index (χ0n) is 8.55. The van der Waals surface area contributed by atoms with Crippen molar-refractivity contribution >= 4 is 33.5 Å². The van der Waals surface area contributed by atoms with Crippen molar-refractivity contribution in [1.29, 1.82) is 0 Å². The van der Waals surface area contributed by atoms with Gasteiger partial charge in [0, 0.05) is 7.05 Å². The number of amides is 1. The van der Waals surface area contributed by atoms with Crippen LogP contribution in [0, 0.1) is 0 Å². The number of hydrogen-bond donors (Lipinski definition) is 2. The summed E-state index contributed by atoms with van der Waals surface area (Å²) in [5.74, 6) is 0. The summed E-state index contributed by atoms with van der Waals surface area (Å²) in [6.07, 6.45) is -1.07.